The average Bonchev–Trinajstić information content (AvgIpc) is 3.33. The fourth-order valence-corrected chi connectivity index (χ4v) is 3.22. The minimum atomic E-state index is 0.498. The molecule has 0 radical (unpaired) electrons. The molecule has 4 heteroatoms. The number of nitrogens with one attached hydrogen (secondary N) is 1. The second-order valence-electron chi connectivity index (χ2n) is 6.68. The van der Waals surface area contributed by atoms with Crippen molar-refractivity contribution in [2.75, 3.05) is 46.7 Å². The van der Waals surface area contributed by atoms with Crippen molar-refractivity contribution in [3.63, 3.8) is 0 Å². The normalized spacial score (nSPS) is 21.6. The molecule has 21 heavy (non-hydrogen) atoms. The molecule has 2 rings (SSSR count). The van der Waals surface area contributed by atoms with Gasteiger partial charge in [-0.2, -0.15) is 0 Å². The summed E-state index contributed by atoms with van der Waals surface area (Å²) in [7, 11) is 1.69. The van der Waals surface area contributed by atoms with Crippen LogP contribution in [0.5, 0.6) is 0 Å². The minimum Gasteiger partial charge on any atom is -0.382 e. The quantitative estimate of drug-likeness (QED) is 0.563. The third-order valence-electron chi connectivity index (χ3n) is 4.84. The van der Waals surface area contributed by atoms with Gasteiger partial charge < -0.3 is 19.5 Å². The molecule has 0 aliphatic heterocycles. The molecule has 0 aromatic heterocycles. The van der Waals surface area contributed by atoms with Crippen molar-refractivity contribution >= 4 is 0 Å². The van der Waals surface area contributed by atoms with E-state index in [1.165, 1.54) is 57.9 Å². The van der Waals surface area contributed by atoms with Gasteiger partial charge in [0.15, 0.2) is 0 Å². The summed E-state index contributed by atoms with van der Waals surface area (Å²) in [4.78, 5) is 0. The lowest BCUT2D eigenvalue weighted by Crippen LogP contribution is -2.38. The summed E-state index contributed by atoms with van der Waals surface area (Å²) in [6.45, 7) is 4.78. The first kappa shape index (κ1) is 17.2. The molecule has 4 nitrogen and oxygen atoms in total. The lowest BCUT2D eigenvalue weighted by Gasteiger charge is -2.37. The van der Waals surface area contributed by atoms with Gasteiger partial charge in [0.05, 0.1) is 26.4 Å². The number of hydrogen-bond donors (Lipinski definition) is 1. The van der Waals surface area contributed by atoms with Crippen LogP contribution >= 0.6 is 0 Å². The van der Waals surface area contributed by atoms with Crippen molar-refractivity contribution in [3.8, 4) is 0 Å². The van der Waals surface area contributed by atoms with Gasteiger partial charge in [-0.15, -0.1) is 0 Å². The molecule has 0 saturated heterocycles. The zero-order valence-electron chi connectivity index (χ0n) is 13.7. The van der Waals surface area contributed by atoms with Gasteiger partial charge in [-0.25, -0.2) is 0 Å². The van der Waals surface area contributed by atoms with Crippen molar-refractivity contribution < 1.29 is 14.2 Å². The van der Waals surface area contributed by atoms with Crippen LogP contribution in [0.2, 0.25) is 0 Å². The summed E-state index contributed by atoms with van der Waals surface area (Å²) in [6.07, 6.45) is 10.9. The van der Waals surface area contributed by atoms with Gasteiger partial charge in [0.2, 0.25) is 0 Å². The van der Waals surface area contributed by atoms with Gasteiger partial charge in [0.25, 0.3) is 0 Å². The highest BCUT2D eigenvalue weighted by Gasteiger charge is 2.33. The van der Waals surface area contributed by atoms with E-state index in [9.17, 15) is 0 Å². The second kappa shape index (κ2) is 9.78. The average molecular weight is 299 g/mol. The molecule has 0 unspecified atom stereocenters. The van der Waals surface area contributed by atoms with Crippen LogP contribution in [0, 0.1) is 5.41 Å². The van der Waals surface area contributed by atoms with E-state index < -0.39 is 0 Å². The molecule has 1 N–H and O–H groups in total. The molecule has 0 heterocycles. The Kier molecular flexibility index (Phi) is 8.01. The fraction of sp³-hybridized carbons (Fsp3) is 1.00. The van der Waals surface area contributed by atoms with Gasteiger partial charge in [-0.1, -0.05) is 19.3 Å². The molecule has 0 spiro atoms. The first-order chi connectivity index (χ1) is 10.3. The largest absolute Gasteiger partial charge is 0.382 e. The maximum atomic E-state index is 5.77. The number of rotatable bonds is 12. The molecule has 0 aromatic rings. The van der Waals surface area contributed by atoms with E-state index in [1.54, 1.807) is 7.11 Å². The van der Waals surface area contributed by atoms with Gasteiger partial charge in [0, 0.05) is 26.3 Å². The molecule has 2 aliphatic rings. The van der Waals surface area contributed by atoms with E-state index in [1.807, 2.05) is 0 Å². The molecular formula is C17H33NO3. The molecule has 124 valence electrons. The SMILES string of the molecule is COCCOCCOCCC1(CNC2CC2)CCCCC1. The Morgan fingerprint density at radius 1 is 0.905 bits per heavy atom. The molecule has 2 fully saturated rings. The van der Waals surface area contributed by atoms with Crippen molar-refractivity contribution in [1.29, 1.82) is 0 Å². The first-order valence-electron chi connectivity index (χ1n) is 8.72. The van der Waals surface area contributed by atoms with Crippen LogP contribution in [0.25, 0.3) is 0 Å². The standard InChI is InChI=1S/C17H33NO3/c1-19-11-12-21-14-13-20-10-9-17(7-3-2-4-8-17)15-18-16-5-6-16/h16,18H,2-15H2,1H3. The minimum absolute atomic E-state index is 0.498. The highest BCUT2D eigenvalue weighted by molar-refractivity contribution is 4.89. The summed E-state index contributed by atoms with van der Waals surface area (Å²) >= 11 is 0. The molecule has 0 atom stereocenters. The van der Waals surface area contributed by atoms with Crippen LogP contribution in [-0.4, -0.2) is 52.7 Å². The van der Waals surface area contributed by atoms with Gasteiger partial charge in [-0.05, 0) is 37.5 Å². The van der Waals surface area contributed by atoms with Crippen LogP contribution in [-0.2, 0) is 14.2 Å². The van der Waals surface area contributed by atoms with E-state index in [-0.39, 0.29) is 0 Å². The first-order valence-corrected chi connectivity index (χ1v) is 8.72. The predicted octanol–water partition coefficient (Wildman–Crippen LogP) is 2.76. The molecule has 0 amide bonds. The maximum absolute atomic E-state index is 5.77. The Bertz CT molecular complexity index is 263. The summed E-state index contributed by atoms with van der Waals surface area (Å²) in [6, 6.07) is 0.818. The van der Waals surface area contributed by atoms with Crippen molar-refractivity contribution in [2.24, 2.45) is 5.41 Å². The lowest BCUT2D eigenvalue weighted by atomic mass is 9.72. The molecular weight excluding hydrogens is 266 g/mol. The van der Waals surface area contributed by atoms with Gasteiger partial charge in [-0.3, -0.25) is 0 Å². The Hall–Kier alpha value is -0.160. The van der Waals surface area contributed by atoms with Gasteiger partial charge >= 0.3 is 0 Å². The topological polar surface area (TPSA) is 39.7 Å². The summed E-state index contributed by atoms with van der Waals surface area (Å²) in [5, 5.41) is 3.75. The van der Waals surface area contributed by atoms with Crippen molar-refractivity contribution in [3.05, 3.63) is 0 Å². The van der Waals surface area contributed by atoms with E-state index >= 15 is 0 Å². The third-order valence-corrected chi connectivity index (χ3v) is 4.84. The zero-order valence-corrected chi connectivity index (χ0v) is 13.7. The van der Waals surface area contributed by atoms with Crippen molar-refractivity contribution in [1.82, 2.24) is 5.32 Å². The van der Waals surface area contributed by atoms with E-state index in [2.05, 4.69) is 5.32 Å². The molecule has 2 saturated carbocycles. The Balaban J connectivity index is 1.55. The lowest BCUT2D eigenvalue weighted by molar-refractivity contribution is 0.0125. The van der Waals surface area contributed by atoms with E-state index in [0.29, 0.717) is 31.8 Å². The molecule has 0 bridgehead atoms. The maximum Gasteiger partial charge on any atom is 0.0701 e. The van der Waals surface area contributed by atoms with Crippen LogP contribution in [0.3, 0.4) is 0 Å². The molecule has 0 aromatic carbocycles. The Morgan fingerprint density at radius 2 is 1.57 bits per heavy atom. The van der Waals surface area contributed by atoms with Crippen LogP contribution in [0.1, 0.15) is 51.4 Å². The summed E-state index contributed by atoms with van der Waals surface area (Å²) < 4.78 is 16.1. The Morgan fingerprint density at radius 3 is 2.24 bits per heavy atom. The number of methoxy groups -OCH3 is 1. The summed E-state index contributed by atoms with van der Waals surface area (Å²) in [5.41, 5.74) is 0.498. The third kappa shape index (κ3) is 7.09. The smallest absolute Gasteiger partial charge is 0.0701 e. The molecule has 2 aliphatic carbocycles. The van der Waals surface area contributed by atoms with Crippen LogP contribution in [0.15, 0.2) is 0 Å². The van der Waals surface area contributed by atoms with Gasteiger partial charge in [0.1, 0.15) is 0 Å². The fourth-order valence-electron chi connectivity index (χ4n) is 3.22. The number of ether oxygens (including phenoxy) is 3. The van der Waals surface area contributed by atoms with Crippen molar-refractivity contribution in [2.45, 2.75) is 57.4 Å². The van der Waals surface area contributed by atoms with Crippen LogP contribution < -0.4 is 5.32 Å². The van der Waals surface area contributed by atoms with Crippen LogP contribution in [0.4, 0.5) is 0 Å². The second-order valence-corrected chi connectivity index (χ2v) is 6.68. The highest BCUT2D eigenvalue weighted by atomic mass is 16.5. The monoisotopic (exact) mass is 299 g/mol. The Labute approximate surface area is 129 Å². The highest BCUT2D eigenvalue weighted by Crippen LogP contribution is 2.39. The number of hydrogen-bond acceptors (Lipinski definition) is 4. The summed E-state index contributed by atoms with van der Waals surface area (Å²) in [5.74, 6) is 0. The predicted molar refractivity (Wildman–Crippen MR) is 84.7 cm³/mol. The van der Waals surface area contributed by atoms with E-state index in [0.717, 1.165) is 12.6 Å². The zero-order chi connectivity index (χ0) is 14.8. The van der Waals surface area contributed by atoms with E-state index in [4.69, 9.17) is 14.2 Å².